The molecule has 2 heteroatoms. The van der Waals surface area contributed by atoms with Gasteiger partial charge in [-0.2, -0.15) is 0 Å². The summed E-state index contributed by atoms with van der Waals surface area (Å²) in [7, 11) is 0. The van der Waals surface area contributed by atoms with Gasteiger partial charge in [-0.1, -0.05) is 95.1 Å². The molecular formula is C64H64N2. The quantitative estimate of drug-likeness (QED) is 0.140. The molecule has 0 saturated heterocycles. The molecule has 8 bridgehead atoms. The molecule has 0 atom stereocenters. The maximum atomic E-state index is 2.74. The number of rotatable bonds is 8. The number of benzene rings is 8. The second-order valence-electron chi connectivity index (χ2n) is 23.4. The minimum atomic E-state index is 0.208. The molecule has 0 unspecified atom stereocenters. The van der Waals surface area contributed by atoms with Crippen LogP contribution in [-0.4, -0.2) is 0 Å². The molecule has 0 N–H and O–H groups in total. The molecular weight excluding hydrogens is 797 g/mol. The fourth-order valence-corrected chi connectivity index (χ4v) is 16.7. The summed E-state index contributed by atoms with van der Waals surface area (Å²) in [5, 5.41) is 8.79. The van der Waals surface area contributed by atoms with E-state index in [9.17, 15) is 0 Å². The Hall–Kier alpha value is -5.60. The first kappa shape index (κ1) is 39.6. The Morgan fingerprint density at radius 2 is 0.561 bits per heavy atom. The lowest BCUT2D eigenvalue weighted by Gasteiger charge is -2.57. The van der Waals surface area contributed by atoms with Gasteiger partial charge in [0.2, 0.25) is 0 Å². The average Bonchev–Trinajstić information content (AvgIpc) is 3.30. The van der Waals surface area contributed by atoms with Crippen molar-refractivity contribution in [2.45, 2.75) is 116 Å². The third-order valence-electron chi connectivity index (χ3n) is 18.7. The molecule has 16 rings (SSSR count). The highest BCUT2D eigenvalue weighted by Gasteiger charge is 2.54. The van der Waals surface area contributed by atoms with Gasteiger partial charge in [0.15, 0.2) is 0 Å². The topological polar surface area (TPSA) is 6.48 Å². The van der Waals surface area contributed by atoms with Gasteiger partial charge < -0.3 is 9.80 Å². The minimum Gasteiger partial charge on any atom is -0.310 e. The average molecular weight is 861 g/mol. The second-order valence-corrected chi connectivity index (χ2v) is 23.4. The van der Waals surface area contributed by atoms with E-state index < -0.39 is 0 Å². The highest BCUT2D eigenvalue weighted by atomic mass is 15.2. The Bertz CT molecular complexity index is 2790. The molecule has 330 valence electrons. The van der Waals surface area contributed by atoms with Crippen LogP contribution in [0.3, 0.4) is 0 Å². The Morgan fingerprint density at radius 1 is 0.318 bits per heavy atom. The van der Waals surface area contributed by atoms with E-state index in [1.54, 1.807) is 11.1 Å². The van der Waals surface area contributed by atoms with Crippen molar-refractivity contribution in [3.05, 3.63) is 167 Å². The van der Waals surface area contributed by atoms with E-state index in [2.05, 4.69) is 171 Å². The number of hydrogen-bond donors (Lipinski definition) is 0. The van der Waals surface area contributed by atoms with Gasteiger partial charge in [-0.25, -0.2) is 0 Å². The first-order valence-corrected chi connectivity index (χ1v) is 25.8. The Balaban J connectivity index is 1.12. The van der Waals surface area contributed by atoms with Crippen molar-refractivity contribution >= 4 is 66.4 Å². The summed E-state index contributed by atoms with van der Waals surface area (Å²) in [5.74, 6) is 5.14. The summed E-state index contributed by atoms with van der Waals surface area (Å²) in [6.07, 6.45) is 16.7. The van der Waals surface area contributed by atoms with E-state index >= 15 is 0 Å². The van der Waals surface area contributed by atoms with Crippen molar-refractivity contribution in [2.24, 2.45) is 35.5 Å². The van der Waals surface area contributed by atoms with Crippen LogP contribution in [0.2, 0.25) is 0 Å². The summed E-state index contributed by atoms with van der Waals surface area (Å²) in [4.78, 5) is 5.25. The highest BCUT2D eigenvalue weighted by Crippen LogP contribution is 2.65. The number of aryl methyl sites for hydroxylation is 4. The van der Waals surface area contributed by atoms with Crippen LogP contribution in [0.5, 0.6) is 0 Å². The van der Waals surface area contributed by atoms with Gasteiger partial charge in [0.1, 0.15) is 0 Å². The van der Waals surface area contributed by atoms with E-state index in [-0.39, 0.29) is 10.8 Å². The molecule has 2 nitrogen and oxygen atoms in total. The Morgan fingerprint density at radius 3 is 0.818 bits per heavy atom. The number of nitrogens with zero attached hydrogens (tertiary/aromatic N) is 2. The van der Waals surface area contributed by atoms with Crippen molar-refractivity contribution in [1.29, 1.82) is 0 Å². The lowest BCUT2D eigenvalue weighted by molar-refractivity contribution is -0.00462. The maximum absolute atomic E-state index is 2.74. The molecule has 8 aliphatic rings. The summed E-state index contributed by atoms with van der Waals surface area (Å²) >= 11 is 0. The fourth-order valence-electron chi connectivity index (χ4n) is 16.7. The first-order valence-electron chi connectivity index (χ1n) is 25.8. The molecule has 8 fully saturated rings. The van der Waals surface area contributed by atoms with E-state index in [4.69, 9.17) is 0 Å². The predicted molar refractivity (Wildman–Crippen MR) is 278 cm³/mol. The van der Waals surface area contributed by atoms with Gasteiger partial charge in [0.05, 0.1) is 11.4 Å². The standard InChI is InChI=1S/C64H64N2/c1-39-5-13-49(14-6-39)65(50-15-7-40(2)8-16-50)59-31-57(63-33-43-25-44(34-63)27-45(26-43)35-63)53-22-24-56-60(66(51-17-9-41(3)10-18-51)52-19-11-42(4)12-20-52)32-58(54-21-23-55(59)61(53)62(54)56)64-36-46-28-47(37-64)30-48(29-46)38-64/h5-24,31-32,43-48H,25-30,33-38H2,1-4H3. The highest BCUT2D eigenvalue weighted by molar-refractivity contribution is 6.29. The van der Waals surface area contributed by atoms with Crippen molar-refractivity contribution < 1.29 is 0 Å². The van der Waals surface area contributed by atoms with E-state index in [1.807, 2.05) is 0 Å². The normalized spacial score (nSPS) is 28.3. The second kappa shape index (κ2) is 14.5. The van der Waals surface area contributed by atoms with Crippen LogP contribution in [0.15, 0.2) is 133 Å². The molecule has 0 radical (unpaired) electrons. The Kier molecular flexibility index (Phi) is 8.66. The van der Waals surface area contributed by atoms with Crippen molar-refractivity contribution in [3.8, 4) is 0 Å². The Labute approximate surface area is 392 Å². The zero-order valence-electron chi connectivity index (χ0n) is 39.5. The summed E-state index contributed by atoms with van der Waals surface area (Å²) in [5.41, 5.74) is 16.5. The molecule has 66 heavy (non-hydrogen) atoms. The van der Waals surface area contributed by atoms with Gasteiger partial charge in [0.25, 0.3) is 0 Å². The first-order chi connectivity index (χ1) is 32.2. The summed E-state index contributed by atoms with van der Waals surface area (Å²) in [6, 6.07) is 53.2. The van der Waals surface area contributed by atoms with Crippen LogP contribution in [0, 0.1) is 63.2 Å². The van der Waals surface area contributed by atoms with Crippen LogP contribution < -0.4 is 9.80 Å². The number of anilines is 6. The number of hydrogen-bond acceptors (Lipinski definition) is 2. The van der Waals surface area contributed by atoms with Crippen molar-refractivity contribution in [3.63, 3.8) is 0 Å². The molecule has 8 aromatic rings. The molecule has 8 aliphatic carbocycles. The van der Waals surface area contributed by atoms with Crippen molar-refractivity contribution in [2.75, 3.05) is 9.80 Å². The molecule has 0 spiro atoms. The molecule has 0 amide bonds. The third-order valence-corrected chi connectivity index (χ3v) is 18.7. The van der Waals surface area contributed by atoms with E-state index in [0.717, 1.165) is 35.5 Å². The smallest absolute Gasteiger partial charge is 0.0543 e. The largest absolute Gasteiger partial charge is 0.310 e. The lowest BCUT2D eigenvalue weighted by Crippen LogP contribution is -2.48. The summed E-state index contributed by atoms with van der Waals surface area (Å²) < 4.78 is 0. The van der Waals surface area contributed by atoms with Gasteiger partial charge in [-0.3, -0.25) is 0 Å². The molecule has 8 saturated carbocycles. The predicted octanol–water partition coefficient (Wildman–Crippen LogP) is 17.7. The van der Waals surface area contributed by atoms with E-state index in [1.165, 1.54) is 166 Å². The van der Waals surface area contributed by atoms with Crippen LogP contribution in [0.1, 0.15) is 110 Å². The molecule has 8 aromatic carbocycles. The van der Waals surface area contributed by atoms with Gasteiger partial charge in [-0.15, -0.1) is 0 Å². The molecule has 0 aromatic heterocycles. The van der Waals surface area contributed by atoms with Gasteiger partial charge >= 0.3 is 0 Å². The zero-order chi connectivity index (χ0) is 44.1. The van der Waals surface area contributed by atoms with Crippen LogP contribution in [0.4, 0.5) is 34.1 Å². The van der Waals surface area contributed by atoms with Crippen LogP contribution in [-0.2, 0) is 10.8 Å². The third kappa shape index (κ3) is 6.05. The van der Waals surface area contributed by atoms with Crippen LogP contribution in [0.25, 0.3) is 32.3 Å². The summed E-state index contributed by atoms with van der Waals surface area (Å²) in [6.45, 7) is 8.88. The zero-order valence-corrected chi connectivity index (χ0v) is 39.5. The maximum Gasteiger partial charge on any atom is 0.0543 e. The molecule has 0 aliphatic heterocycles. The van der Waals surface area contributed by atoms with Crippen molar-refractivity contribution in [1.82, 2.24) is 0 Å². The van der Waals surface area contributed by atoms with Gasteiger partial charge in [-0.05, 0) is 244 Å². The van der Waals surface area contributed by atoms with E-state index in [0.29, 0.717) is 0 Å². The fraction of sp³-hybridized carbons (Fsp3) is 0.375. The minimum absolute atomic E-state index is 0.208. The van der Waals surface area contributed by atoms with Crippen LogP contribution >= 0.6 is 0 Å². The van der Waals surface area contributed by atoms with Gasteiger partial charge in [0, 0.05) is 33.5 Å². The monoisotopic (exact) mass is 861 g/mol. The molecule has 0 heterocycles. The SMILES string of the molecule is Cc1ccc(N(c2ccc(C)cc2)c2cc(C34CC5CC(CC(C5)C3)C4)c3ccc4c(N(c5ccc(C)cc5)c5ccc(C)cc5)cc(C56CC7CC(CC(C7)C5)C6)c5ccc2c3c45)cc1. The lowest BCUT2D eigenvalue weighted by atomic mass is 9.47.